The van der Waals surface area contributed by atoms with E-state index in [0.717, 1.165) is 66.5 Å². The van der Waals surface area contributed by atoms with E-state index in [-0.39, 0.29) is 5.41 Å². The van der Waals surface area contributed by atoms with Crippen LogP contribution in [0.15, 0.2) is 162 Å². The molecule has 0 saturated carbocycles. The Balaban J connectivity index is 1.32. The summed E-state index contributed by atoms with van der Waals surface area (Å²) < 4.78 is 9.53. The van der Waals surface area contributed by atoms with Crippen LogP contribution < -0.4 is 4.90 Å². The van der Waals surface area contributed by atoms with Crippen molar-refractivity contribution >= 4 is 60.8 Å². The first-order valence-electron chi connectivity index (χ1n) is 16.6. The molecule has 10 rings (SSSR count). The fourth-order valence-electron chi connectivity index (χ4n) is 8.16. The number of para-hydroxylation sites is 3. The van der Waals surface area contributed by atoms with Crippen molar-refractivity contribution in [2.24, 2.45) is 0 Å². The van der Waals surface area contributed by atoms with Gasteiger partial charge >= 0.3 is 0 Å². The van der Waals surface area contributed by atoms with Gasteiger partial charge in [0.25, 0.3) is 0 Å². The molecule has 0 fully saturated rings. The Labute approximate surface area is 278 Å². The number of benzene rings is 7. The molecule has 2 aromatic heterocycles. The molecule has 0 atom stereocenters. The van der Waals surface area contributed by atoms with Crippen molar-refractivity contribution in [2.75, 3.05) is 4.90 Å². The Morgan fingerprint density at radius 3 is 1.83 bits per heavy atom. The molecule has 3 heteroatoms. The lowest BCUT2D eigenvalue weighted by Crippen LogP contribution is -2.14. The van der Waals surface area contributed by atoms with E-state index in [9.17, 15) is 0 Å². The van der Waals surface area contributed by atoms with Crippen LogP contribution in [0.25, 0.3) is 60.6 Å². The summed E-state index contributed by atoms with van der Waals surface area (Å²) in [4.78, 5) is 2.33. The van der Waals surface area contributed by atoms with E-state index in [1.165, 1.54) is 22.3 Å². The summed E-state index contributed by atoms with van der Waals surface area (Å²) in [5.41, 5.74) is 13.7. The van der Waals surface area contributed by atoms with Gasteiger partial charge in [0.05, 0.1) is 16.4 Å². The standard InChI is InChI=1S/C45H32N2O/c1-45(2)37-21-13-12-20-35(37)41-38(45)25-23-33-34-24-27-40-42(44(34)48-43(33)41)36-28-32(22-26-39(36)47(40)31-18-10-5-11-19-31)46(29-14-6-3-7-15-29)30-16-8-4-9-17-30/h3-28H,1-2H3. The molecule has 2 heterocycles. The Kier molecular flexibility index (Phi) is 5.63. The quantitative estimate of drug-likeness (QED) is 0.196. The molecule has 0 radical (unpaired) electrons. The fraction of sp³-hybridized carbons (Fsp3) is 0.0667. The number of rotatable bonds is 4. The van der Waals surface area contributed by atoms with Gasteiger partial charge in [0.2, 0.25) is 0 Å². The molecule has 9 aromatic rings. The van der Waals surface area contributed by atoms with Crippen molar-refractivity contribution in [3.05, 3.63) is 169 Å². The van der Waals surface area contributed by atoms with Gasteiger partial charge in [-0.3, -0.25) is 0 Å². The van der Waals surface area contributed by atoms with Crippen LogP contribution in [0.4, 0.5) is 17.1 Å². The highest BCUT2D eigenvalue weighted by Crippen LogP contribution is 2.53. The smallest absolute Gasteiger partial charge is 0.145 e. The van der Waals surface area contributed by atoms with Gasteiger partial charge in [0.1, 0.15) is 11.2 Å². The van der Waals surface area contributed by atoms with Crippen molar-refractivity contribution in [3.63, 3.8) is 0 Å². The normalized spacial score (nSPS) is 13.4. The average Bonchev–Trinajstić information content (AvgIpc) is 3.75. The number of nitrogens with zero attached hydrogens (tertiary/aromatic N) is 2. The van der Waals surface area contributed by atoms with Crippen molar-refractivity contribution < 1.29 is 4.42 Å². The molecule has 228 valence electrons. The van der Waals surface area contributed by atoms with Crippen LogP contribution in [0, 0.1) is 0 Å². The van der Waals surface area contributed by atoms with Crippen LogP contribution in [-0.2, 0) is 5.41 Å². The lowest BCUT2D eigenvalue weighted by molar-refractivity contribution is 0.654. The lowest BCUT2D eigenvalue weighted by Gasteiger charge is -2.25. The third-order valence-corrected chi connectivity index (χ3v) is 10.4. The Morgan fingerprint density at radius 1 is 0.500 bits per heavy atom. The van der Waals surface area contributed by atoms with E-state index >= 15 is 0 Å². The third kappa shape index (κ3) is 3.70. The van der Waals surface area contributed by atoms with E-state index in [2.05, 4.69) is 181 Å². The first kappa shape index (κ1) is 27.1. The third-order valence-electron chi connectivity index (χ3n) is 10.4. The van der Waals surface area contributed by atoms with E-state index < -0.39 is 0 Å². The van der Waals surface area contributed by atoms with Crippen LogP contribution in [0.1, 0.15) is 25.0 Å². The summed E-state index contributed by atoms with van der Waals surface area (Å²) in [6, 6.07) is 56.6. The van der Waals surface area contributed by atoms with Gasteiger partial charge < -0.3 is 13.9 Å². The molecular formula is C45H32N2O. The molecule has 0 amide bonds. The largest absolute Gasteiger partial charge is 0.455 e. The first-order chi connectivity index (χ1) is 23.6. The minimum Gasteiger partial charge on any atom is -0.455 e. The zero-order chi connectivity index (χ0) is 32.0. The van der Waals surface area contributed by atoms with Crippen LogP contribution in [0.5, 0.6) is 0 Å². The molecule has 3 nitrogen and oxygen atoms in total. The second-order valence-electron chi connectivity index (χ2n) is 13.4. The maximum atomic E-state index is 7.16. The molecule has 7 aromatic carbocycles. The first-order valence-corrected chi connectivity index (χ1v) is 16.6. The minimum absolute atomic E-state index is 0.0923. The average molecular weight is 617 g/mol. The van der Waals surface area contributed by atoms with Gasteiger partial charge in [0, 0.05) is 49.9 Å². The Morgan fingerprint density at radius 2 is 1.10 bits per heavy atom. The van der Waals surface area contributed by atoms with Crippen LogP contribution in [-0.4, -0.2) is 4.57 Å². The van der Waals surface area contributed by atoms with E-state index in [0.29, 0.717) is 0 Å². The predicted octanol–water partition coefficient (Wildman–Crippen LogP) is 12.5. The highest BCUT2D eigenvalue weighted by atomic mass is 16.3. The number of hydrogen-bond donors (Lipinski definition) is 0. The summed E-state index contributed by atoms with van der Waals surface area (Å²) in [7, 11) is 0. The van der Waals surface area contributed by atoms with Gasteiger partial charge in [-0.25, -0.2) is 0 Å². The fourth-order valence-corrected chi connectivity index (χ4v) is 8.16. The number of anilines is 3. The molecule has 0 saturated heterocycles. The monoisotopic (exact) mass is 616 g/mol. The minimum atomic E-state index is -0.0923. The second kappa shape index (κ2) is 9.97. The second-order valence-corrected chi connectivity index (χ2v) is 13.4. The Hall–Kier alpha value is -6.06. The predicted molar refractivity (Wildman–Crippen MR) is 200 cm³/mol. The molecule has 1 aliphatic carbocycles. The molecule has 0 N–H and O–H groups in total. The van der Waals surface area contributed by atoms with Crippen molar-refractivity contribution in [1.29, 1.82) is 0 Å². The van der Waals surface area contributed by atoms with Gasteiger partial charge in [-0.15, -0.1) is 0 Å². The number of furan rings is 1. The van der Waals surface area contributed by atoms with E-state index in [1.54, 1.807) is 0 Å². The maximum Gasteiger partial charge on any atom is 0.145 e. The van der Waals surface area contributed by atoms with Gasteiger partial charge in [-0.2, -0.15) is 0 Å². The van der Waals surface area contributed by atoms with Gasteiger partial charge in [0.15, 0.2) is 0 Å². The lowest BCUT2D eigenvalue weighted by atomic mass is 9.82. The van der Waals surface area contributed by atoms with E-state index in [4.69, 9.17) is 4.42 Å². The SMILES string of the molecule is CC1(C)c2ccccc2-c2c1ccc1c2oc2c1ccc1c2c2cc(N(c3ccccc3)c3ccccc3)ccc2n1-c1ccccc1. The molecule has 1 aliphatic rings. The summed E-state index contributed by atoms with van der Waals surface area (Å²) in [6.07, 6.45) is 0. The molecule has 0 aliphatic heterocycles. The molecule has 0 spiro atoms. The molecule has 48 heavy (non-hydrogen) atoms. The highest BCUT2D eigenvalue weighted by molar-refractivity contribution is 6.25. The van der Waals surface area contributed by atoms with Crippen LogP contribution >= 0.6 is 0 Å². The number of aromatic nitrogens is 1. The van der Waals surface area contributed by atoms with Crippen LogP contribution in [0.2, 0.25) is 0 Å². The molecule has 0 unspecified atom stereocenters. The van der Waals surface area contributed by atoms with Crippen LogP contribution in [0.3, 0.4) is 0 Å². The summed E-state index contributed by atoms with van der Waals surface area (Å²) in [6.45, 7) is 4.65. The zero-order valence-corrected chi connectivity index (χ0v) is 26.8. The number of hydrogen-bond acceptors (Lipinski definition) is 2. The van der Waals surface area contributed by atoms with Crippen molar-refractivity contribution in [2.45, 2.75) is 19.3 Å². The van der Waals surface area contributed by atoms with Crippen molar-refractivity contribution in [1.82, 2.24) is 4.57 Å². The highest BCUT2D eigenvalue weighted by Gasteiger charge is 2.37. The summed E-state index contributed by atoms with van der Waals surface area (Å²) >= 11 is 0. The van der Waals surface area contributed by atoms with Gasteiger partial charge in [-0.1, -0.05) is 105 Å². The maximum absolute atomic E-state index is 7.16. The number of fused-ring (bicyclic) bond motifs is 11. The summed E-state index contributed by atoms with van der Waals surface area (Å²) in [5, 5.41) is 4.59. The summed E-state index contributed by atoms with van der Waals surface area (Å²) in [5.74, 6) is 0. The molecule has 0 bridgehead atoms. The van der Waals surface area contributed by atoms with E-state index in [1.807, 2.05) is 0 Å². The van der Waals surface area contributed by atoms with Gasteiger partial charge in [-0.05, 0) is 83.4 Å². The molecular weight excluding hydrogens is 585 g/mol. The zero-order valence-electron chi connectivity index (χ0n) is 26.8. The Bertz CT molecular complexity index is 2640. The topological polar surface area (TPSA) is 21.3 Å². The van der Waals surface area contributed by atoms with Crippen molar-refractivity contribution in [3.8, 4) is 16.8 Å².